The summed E-state index contributed by atoms with van der Waals surface area (Å²) in [5.41, 5.74) is 0.459. The largest absolute Gasteiger partial charge is 0.496 e. The molecule has 1 heterocycles. The topological polar surface area (TPSA) is 76.1 Å². The molecular formula is C14H16BrNO5. The van der Waals surface area contributed by atoms with Gasteiger partial charge in [0.15, 0.2) is 0 Å². The standard InChI is InChI=1S/C14H16BrNO5/c1-16(11-7-21-6-9(11)14(18)19)13(17)8-3-4-12(20-2)10(15)5-8/h3-5,9,11H,6-7H2,1-2H3,(H,18,19). The second-order valence-electron chi connectivity index (χ2n) is 4.81. The molecule has 1 aliphatic rings. The van der Waals surface area contributed by atoms with Crippen LogP contribution in [0.4, 0.5) is 0 Å². The number of likely N-dealkylation sites (N-methyl/N-ethyl adjacent to an activating group) is 1. The number of methoxy groups -OCH3 is 1. The highest BCUT2D eigenvalue weighted by molar-refractivity contribution is 9.10. The minimum atomic E-state index is -0.951. The first-order valence-electron chi connectivity index (χ1n) is 6.37. The number of carboxylic acids is 1. The lowest BCUT2D eigenvalue weighted by Crippen LogP contribution is -2.44. The normalized spacial score (nSPS) is 21.1. The van der Waals surface area contributed by atoms with E-state index < -0.39 is 17.9 Å². The summed E-state index contributed by atoms with van der Waals surface area (Å²) >= 11 is 3.33. The van der Waals surface area contributed by atoms with Gasteiger partial charge < -0.3 is 19.5 Å². The SMILES string of the molecule is COc1ccc(C(=O)N(C)C2COCC2C(=O)O)cc1Br. The number of hydrogen-bond donors (Lipinski definition) is 1. The molecule has 1 aliphatic heterocycles. The number of rotatable bonds is 4. The quantitative estimate of drug-likeness (QED) is 0.886. The highest BCUT2D eigenvalue weighted by Gasteiger charge is 2.38. The third-order valence-electron chi connectivity index (χ3n) is 3.58. The molecule has 6 nitrogen and oxygen atoms in total. The minimum Gasteiger partial charge on any atom is -0.496 e. The van der Waals surface area contributed by atoms with E-state index >= 15 is 0 Å². The monoisotopic (exact) mass is 357 g/mol. The Morgan fingerprint density at radius 1 is 1.43 bits per heavy atom. The molecule has 0 aliphatic carbocycles. The minimum absolute atomic E-state index is 0.129. The number of benzene rings is 1. The Kier molecular flexibility index (Phi) is 4.84. The Bertz CT molecular complexity index is 562. The van der Waals surface area contributed by atoms with Crippen LogP contribution >= 0.6 is 15.9 Å². The average molecular weight is 358 g/mol. The van der Waals surface area contributed by atoms with Crippen molar-refractivity contribution in [3.8, 4) is 5.75 Å². The molecule has 2 unspecified atom stereocenters. The van der Waals surface area contributed by atoms with Crippen LogP contribution in [0, 0.1) is 5.92 Å². The molecular weight excluding hydrogens is 342 g/mol. The molecule has 1 aromatic carbocycles. The third kappa shape index (κ3) is 3.19. The number of nitrogens with zero attached hydrogens (tertiary/aromatic N) is 1. The summed E-state index contributed by atoms with van der Waals surface area (Å²) in [6, 6.07) is 4.53. The van der Waals surface area contributed by atoms with Gasteiger partial charge in [0.2, 0.25) is 0 Å². The van der Waals surface area contributed by atoms with E-state index in [4.69, 9.17) is 14.6 Å². The summed E-state index contributed by atoms with van der Waals surface area (Å²) < 4.78 is 11.0. The zero-order valence-electron chi connectivity index (χ0n) is 11.7. The van der Waals surface area contributed by atoms with Gasteiger partial charge in [0, 0.05) is 12.6 Å². The number of hydrogen-bond acceptors (Lipinski definition) is 4. The Labute approximate surface area is 130 Å². The number of ether oxygens (including phenoxy) is 2. The lowest BCUT2D eigenvalue weighted by Gasteiger charge is -2.26. The smallest absolute Gasteiger partial charge is 0.311 e. The van der Waals surface area contributed by atoms with Crippen LogP contribution in [0.25, 0.3) is 0 Å². The third-order valence-corrected chi connectivity index (χ3v) is 4.20. The first-order chi connectivity index (χ1) is 9.95. The molecule has 2 atom stereocenters. The van der Waals surface area contributed by atoms with Crippen LogP contribution in [0.2, 0.25) is 0 Å². The van der Waals surface area contributed by atoms with Crippen molar-refractivity contribution >= 4 is 27.8 Å². The summed E-state index contributed by atoms with van der Waals surface area (Å²) in [4.78, 5) is 25.1. The van der Waals surface area contributed by atoms with Crippen LogP contribution in [0.15, 0.2) is 22.7 Å². The number of carbonyl (C=O) groups excluding carboxylic acids is 1. The highest BCUT2D eigenvalue weighted by Crippen LogP contribution is 2.27. The van der Waals surface area contributed by atoms with Crippen LogP contribution in [0.3, 0.4) is 0 Å². The highest BCUT2D eigenvalue weighted by atomic mass is 79.9. The molecule has 0 spiro atoms. The van der Waals surface area contributed by atoms with Crippen molar-refractivity contribution in [1.82, 2.24) is 4.90 Å². The van der Waals surface area contributed by atoms with Crippen molar-refractivity contribution in [2.24, 2.45) is 5.92 Å². The molecule has 0 radical (unpaired) electrons. The van der Waals surface area contributed by atoms with Gasteiger partial charge in [-0.3, -0.25) is 9.59 Å². The van der Waals surface area contributed by atoms with Gasteiger partial charge in [-0.05, 0) is 34.1 Å². The van der Waals surface area contributed by atoms with Gasteiger partial charge >= 0.3 is 5.97 Å². The van der Waals surface area contributed by atoms with Crippen molar-refractivity contribution < 1.29 is 24.2 Å². The Morgan fingerprint density at radius 2 is 2.14 bits per heavy atom. The summed E-state index contributed by atoms with van der Waals surface area (Å²) in [5, 5.41) is 9.16. The molecule has 1 saturated heterocycles. The number of carboxylic acid groups (broad SMARTS) is 1. The predicted octanol–water partition coefficient (Wildman–Crippen LogP) is 1.63. The molecule has 114 valence electrons. The average Bonchev–Trinajstić information content (AvgIpc) is 2.95. The van der Waals surface area contributed by atoms with Crippen molar-refractivity contribution in [1.29, 1.82) is 0 Å². The molecule has 21 heavy (non-hydrogen) atoms. The fraction of sp³-hybridized carbons (Fsp3) is 0.429. The van der Waals surface area contributed by atoms with Gasteiger partial charge in [0.25, 0.3) is 5.91 Å². The summed E-state index contributed by atoms with van der Waals surface area (Å²) in [7, 11) is 3.14. The Hall–Kier alpha value is -1.60. The Morgan fingerprint density at radius 3 is 2.71 bits per heavy atom. The molecule has 2 rings (SSSR count). The lowest BCUT2D eigenvalue weighted by atomic mass is 10.0. The van der Waals surface area contributed by atoms with Crippen molar-refractivity contribution in [3.63, 3.8) is 0 Å². The van der Waals surface area contributed by atoms with Gasteiger partial charge in [0.05, 0.1) is 30.8 Å². The van der Waals surface area contributed by atoms with E-state index in [-0.39, 0.29) is 19.1 Å². The summed E-state index contributed by atoms with van der Waals surface area (Å²) in [5.74, 6) is -1.27. The van der Waals surface area contributed by atoms with Crippen LogP contribution in [0.5, 0.6) is 5.75 Å². The lowest BCUT2D eigenvalue weighted by molar-refractivity contribution is -0.142. The first-order valence-corrected chi connectivity index (χ1v) is 7.16. The van der Waals surface area contributed by atoms with Crippen molar-refractivity contribution in [3.05, 3.63) is 28.2 Å². The molecule has 0 bridgehead atoms. The number of halogens is 1. The molecule has 1 N–H and O–H groups in total. The zero-order chi connectivity index (χ0) is 15.6. The first kappa shape index (κ1) is 15.8. The van der Waals surface area contributed by atoms with Crippen molar-refractivity contribution in [2.45, 2.75) is 6.04 Å². The maximum absolute atomic E-state index is 12.5. The molecule has 0 aromatic heterocycles. The van der Waals surface area contributed by atoms with E-state index in [1.807, 2.05) is 0 Å². The van der Waals surface area contributed by atoms with E-state index in [1.165, 1.54) is 4.90 Å². The summed E-state index contributed by atoms with van der Waals surface area (Å²) in [6.45, 7) is 0.362. The molecule has 1 amide bonds. The van der Waals surface area contributed by atoms with Crippen LogP contribution in [-0.4, -0.2) is 55.3 Å². The maximum Gasteiger partial charge on any atom is 0.311 e. The van der Waals surface area contributed by atoms with E-state index in [2.05, 4.69) is 15.9 Å². The molecule has 0 saturated carbocycles. The Balaban J connectivity index is 2.19. The van der Waals surface area contributed by atoms with Crippen molar-refractivity contribution in [2.75, 3.05) is 27.4 Å². The van der Waals surface area contributed by atoms with Gasteiger partial charge in [-0.2, -0.15) is 0 Å². The second-order valence-corrected chi connectivity index (χ2v) is 5.67. The van der Waals surface area contributed by atoms with Gasteiger partial charge in [0.1, 0.15) is 11.7 Å². The molecule has 1 fully saturated rings. The van der Waals surface area contributed by atoms with Gasteiger partial charge in [-0.25, -0.2) is 0 Å². The van der Waals surface area contributed by atoms with Crippen LogP contribution in [-0.2, 0) is 9.53 Å². The predicted molar refractivity (Wildman–Crippen MR) is 78.5 cm³/mol. The van der Waals surface area contributed by atoms with Crippen LogP contribution in [0.1, 0.15) is 10.4 Å². The van der Waals surface area contributed by atoms with E-state index in [1.54, 1.807) is 32.4 Å². The maximum atomic E-state index is 12.5. The molecule has 7 heteroatoms. The van der Waals surface area contributed by atoms with Gasteiger partial charge in [-0.15, -0.1) is 0 Å². The van der Waals surface area contributed by atoms with Gasteiger partial charge in [-0.1, -0.05) is 0 Å². The summed E-state index contributed by atoms with van der Waals surface area (Å²) in [6.07, 6.45) is 0. The van der Waals surface area contributed by atoms with Crippen LogP contribution < -0.4 is 4.74 Å². The zero-order valence-corrected chi connectivity index (χ0v) is 13.3. The van der Waals surface area contributed by atoms with E-state index in [0.717, 1.165) is 0 Å². The number of amides is 1. The molecule has 1 aromatic rings. The fourth-order valence-electron chi connectivity index (χ4n) is 2.31. The fourth-order valence-corrected chi connectivity index (χ4v) is 2.85. The van der Waals surface area contributed by atoms with E-state index in [9.17, 15) is 9.59 Å². The number of aliphatic carboxylic acids is 1. The second kappa shape index (κ2) is 6.44. The van der Waals surface area contributed by atoms with E-state index in [0.29, 0.717) is 15.8 Å². The number of carbonyl (C=O) groups is 2.